The number of thioether (sulfide) groups is 1. The van der Waals surface area contributed by atoms with Crippen LogP contribution in [0.3, 0.4) is 0 Å². The number of nitrogens with one attached hydrogen (secondary N) is 1. The number of carbonyl (C=O) groups excluding carboxylic acids is 1. The Morgan fingerprint density at radius 3 is 2.53 bits per heavy atom. The first-order valence-corrected chi connectivity index (χ1v) is 11.7. The van der Waals surface area contributed by atoms with Gasteiger partial charge >= 0.3 is 12.4 Å². The number of fused-ring (bicyclic) bond motifs is 1. The number of rotatable bonds is 4. The Balaban J connectivity index is 1.41. The molecule has 2 aromatic carbocycles. The maximum atomic E-state index is 13.5. The number of hydrogen-bond donors (Lipinski definition) is 1. The molecule has 0 bridgehead atoms. The molecule has 0 spiro atoms. The van der Waals surface area contributed by atoms with Crippen molar-refractivity contribution in [3.8, 4) is 0 Å². The predicted octanol–water partition coefficient (Wildman–Crippen LogP) is 6.23. The average Bonchev–Trinajstić information content (AvgIpc) is 3.22. The topological polar surface area (TPSA) is 59.3 Å². The summed E-state index contributed by atoms with van der Waals surface area (Å²) >= 11 is 1.24. The minimum Gasteiger partial charge on any atom is -0.301 e. The summed E-state index contributed by atoms with van der Waals surface area (Å²) in [6, 6.07) is 6.65. The van der Waals surface area contributed by atoms with Gasteiger partial charge < -0.3 is 5.32 Å². The number of benzene rings is 2. The molecule has 1 aromatic heterocycles. The molecule has 0 atom stereocenters. The van der Waals surface area contributed by atoms with Crippen LogP contribution in [-0.4, -0.2) is 26.4 Å². The molecule has 1 aliphatic carbocycles. The van der Waals surface area contributed by atoms with Crippen molar-refractivity contribution < 1.29 is 31.1 Å². The molecule has 2 aliphatic rings. The van der Waals surface area contributed by atoms with Crippen LogP contribution in [-0.2, 0) is 23.7 Å². The minimum absolute atomic E-state index is 0.113. The van der Waals surface area contributed by atoms with Crippen molar-refractivity contribution in [1.82, 2.24) is 15.1 Å². The number of halogens is 6. The number of hydrogen-bond acceptors (Lipinski definition) is 4. The number of alkyl halides is 6. The monoisotopic (exact) mass is 524 g/mol. The molecule has 188 valence electrons. The fourth-order valence-electron chi connectivity index (χ4n) is 3.81. The van der Waals surface area contributed by atoms with Crippen LogP contribution in [0.4, 0.5) is 26.3 Å². The summed E-state index contributed by atoms with van der Waals surface area (Å²) in [5, 5.41) is 8.04. The number of amidine groups is 1. The molecule has 2 heterocycles. The first-order chi connectivity index (χ1) is 16.8. The first-order valence-electron chi connectivity index (χ1n) is 10.8. The number of aromatic nitrogens is 2. The van der Waals surface area contributed by atoms with Crippen LogP contribution >= 0.6 is 11.8 Å². The second-order valence-corrected chi connectivity index (χ2v) is 10.00. The standard InChI is InChI=1S/C24H18F6N4OS/c1-22(6-7-22)33-21-32-20(35)19(36-21)9-13-2-5-18-15(8-13)11-31-34(18)12-14-3-4-16(23(25,26)27)10-17(14)24(28,29)30/h2-5,8-11H,6-7,12H2,1H3,(H,32,33,35)/b19-9-. The first kappa shape index (κ1) is 24.4. The van der Waals surface area contributed by atoms with E-state index >= 15 is 0 Å². The highest BCUT2D eigenvalue weighted by Gasteiger charge is 2.39. The van der Waals surface area contributed by atoms with Crippen molar-refractivity contribution in [1.29, 1.82) is 0 Å². The minimum atomic E-state index is -4.96. The third-order valence-corrected chi connectivity index (χ3v) is 6.93. The van der Waals surface area contributed by atoms with Crippen LogP contribution in [0.2, 0.25) is 0 Å². The van der Waals surface area contributed by atoms with Gasteiger partial charge in [-0.25, -0.2) is 0 Å². The molecule has 5 rings (SSSR count). The van der Waals surface area contributed by atoms with E-state index < -0.39 is 23.5 Å². The molecule has 0 unspecified atom stereocenters. The molecule has 12 heteroatoms. The SMILES string of the molecule is CC1(N=C2NC(=O)/C(=C/c3ccc4c(cnn4Cc4ccc(C(F)(F)F)cc4C(F)(F)F)c3)S2)CC1. The van der Waals surface area contributed by atoms with Crippen LogP contribution in [0.1, 0.15) is 42.0 Å². The molecular weight excluding hydrogens is 506 g/mol. The van der Waals surface area contributed by atoms with Gasteiger partial charge in [-0.3, -0.25) is 14.5 Å². The summed E-state index contributed by atoms with van der Waals surface area (Å²) in [5.74, 6) is -0.263. The van der Waals surface area contributed by atoms with Gasteiger partial charge in [-0.1, -0.05) is 12.1 Å². The molecule has 1 N–H and O–H groups in total. The van der Waals surface area contributed by atoms with Crippen molar-refractivity contribution in [2.45, 2.75) is 44.2 Å². The van der Waals surface area contributed by atoms with E-state index in [0.29, 0.717) is 32.6 Å². The van der Waals surface area contributed by atoms with Gasteiger partial charge in [-0.15, -0.1) is 0 Å². The molecular formula is C24H18F6N4OS. The lowest BCUT2D eigenvalue weighted by molar-refractivity contribution is -0.143. The Morgan fingerprint density at radius 1 is 1.11 bits per heavy atom. The Bertz CT molecular complexity index is 1430. The normalized spacial score (nSPS) is 19.9. The van der Waals surface area contributed by atoms with Crippen molar-refractivity contribution in [2.75, 3.05) is 0 Å². The van der Waals surface area contributed by atoms with Crippen LogP contribution in [0, 0.1) is 0 Å². The third kappa shape index (κ3) is 4.99. The van der Waals surface area contributed by atoms with Crippen LogP contribution in [0.5, 0.6) is 0 Å². The molecule has 1 aliphatic heterocycles. The Morgan fingerprint density at radius 2 is 1.86 bits per heavy atom. The van der Waals surface area contributed by atoms with Gasteiger partial charge in [0.05, 0.1) is 39.8 Å². The predicted molar refractivity (Wildman–Crippen MR) is 124 cm³/mol. The van der Waals surface area contributed by atoms with Gasteiger partial charge in [0, 0.05) is 5.39 Å². The van der Waals surface area contributed by atoms with Crippen molar-refractivity contribution in [3.05, 3.63) is 69.8 Å². The number of amides is 1. The number of aliphatic imine (C=N–C) groups is 1. The van der Waals surface area contributed by atoms with Crippen molar-refractivity contribution >= 4 is 39.8 Å². The maximum Gasteiger partial charge on any atom is 0.416 e. The lowest BCUT2D eigenvalue weighted by atomic mass is 10.0. The summed E-state index contributed by atoms with van der Waals surface area (Å²) < 4.78 is 80.7. The second kappa shape index (κ2) is 8.39. The van der Waals surface area contributed by atoms with Crippen molar-refractivity contribution in [2.24, 2.45) is 4.99 Å². The highest BCUT2D eigenvalue weighted by molar-refractivity contribution is 8.18. The molecule has 2 fully saturated rings. The number of carbonyl (C=O) groups is 1. The Hall–Kier alpha value is -3.28. The number of nitrogens with zero attached hydrogens (tertiary/aromatic N) is 3. The molecule has 5 nitrogen and oxygen atoms in total. The van der Waals surface area contributed by atoms with E-state index in [1.807, 2.05) is 6.92 Å². The largest absolute Gasteiger partial charge is 0.416 e. The second-order valence-electron chi connectivity index (χ2n) is 8.97. The summed E-state index contributed by atoms with van der Waals surface area (Å²) in [6.45, 7) is 1.65. The van der Waals surface area contributed by atoms with Gasteiger partial charge in [-0.05, 0) is 73.0 Å². The lowest BCUT2D eigenvalue weighted by Gasteiger charge is -2.16. The zero-order valence-corrected chi connectivity index (χ0v) is 19.5. The third-order valence-electron chi connectivity index (χ3n) is 6.02. The molecule has 36 heavy (non-hydrogen) atoms. The fourth-order valence-corrected chi connectivity index (χ4v) is 4.76. The molecule has 1 amide bonds. The summed E-state index contributed by atoms with van der Waals surface area (Å²) in [7, 11) is 0. The zero-order valence-electron chi connectivity index (χ0n) is 18.7. The quantitative estimate of drug-likeness (QED) is 0.325. The van der Waals surface area contributed by atoms with E-state index in [0.717, 1.165) is 18.9 Å². The van der Waals surface area contributed by atoms with Crippen LogP contribution in [0.25, 0.3) is 17.0 Å². The summed E-state index contributed by atoms with van der Waals surface area (Å²) in [4.78, 5) is 17.3. The summed E-state index contributed by atoms with van der Waals surface area (Å²) in [5.41, 5.74) is -1.99. The van der Waals surface area contributed by atoms with Crippen LogP contribution < -0.4 is 5.32 Å². The van der Waals surface area contributed by atoms with Crippen molar-refractivity contribution in [3.63, 3.8) is 0 Å². The van der Waals surface area contributed by atoms with E-state index in [4.69, 9.17) is 0 Å². The fraction of sp³-hybridized carbons (Fsp3) is 0.292. The van der Waals surface area contributed by atoms with Gasteiger partial charge in [0.2, 0.25) is 0 Å². The molecule has 1 saturated heterocycles. The van der Waals surface area contributed by atoms with E-state index in [2.05, 4.69) is 15.4 Å². The Labute approximate surface area is 205 Å². The smallest absolute Gasteiger partial charge is 0.301 e. The highest BCUT2D eigenvalue weighted by atomic mass is 32.2. The van der Waals surface area contributed by atoms with E-state index in [1.54, 1.807) is 24.3 Å². The van der Waals surface area contributed by atoms with Gasteiger partial charge in [0.1, 0.15) is 0 Å². The molecule has 1 saturated carbocycles. The van der Waals surface area contributed by atoms with Gasteiger partial charge in [-0.2, -0.15) is 31.4 Å². The lowest BCUT2D eigenvalue weighted by Crippen LogP contribution is -2.21. The average molecular weight is 524 g/mol. The molecule has 0 radical (unpaired) electrons. The zero-order chi connectivity index (χ0) is 25.9. The molecule has 3 aromatic rings. The van der Waals surface area contributed by atoms with E-state index in [9.17, 15) is 31.1 Å². The Kier molecular flexibility index (Phi) is 5.69. The maximum absolute atomic E-state index is 13.5. The highest BCUT2D eigenvalue weighted by Crippen LogP contribution is 2.41. The summed E-state index contributed by atoms with van der Waals surface area (Å²) in [6.07, 6.45) is -4.76. The van der Waals surface area contributed by atoms with Gasteiger partial charge in [0.25, 0.3) is 5.91 Å². The van der Waals surface area contributed by atoms with E-state index in [1.165, 1.54) is 22.6 Å². The van der Waals surface area contributed by atoms with E-state index in [-0.39, 0.29) is 29.6 Å². The van der Waals surface area contributed by atoms with Gasteiger partial charge in [0.15, 0.2) is 5.17 Å². The van der Waals surface area contributed by atoms with Crippen LogP contribution in [0.15, 0.2) is 52.5 Å².